The standard InChI is InChI=1S/C26H45N5O7S/c1-25(2,3)22(28-21(33)17-30(6)7)23(34)27-19(15-18-13-11-10-12-14-18)20(32)16-31(8)39(36,37)29-26(4,5)24(35)38-9/h10-14,19-20,22,29,32H,15-17H2,1-9H3,(H,27,34)(H,28,33). The number of nitrogens with one attached hydrogen (secondary N) is 3. The van der Waals surface area contributed by atoms with Crippen LogP contribution < -0.4 is 15.4 Å². The van der Waals surface area contributed by atoms with Gasteiger partial charge in [0.15, 0.2) is 0 Å². The molecule has 12 nitrogen and oxygen atoms in total. The highest BCUT2D eigenvalue weighted by molar-refractivity contribution is 7.87. The molecule has 2 amide bonds. The summed E-state index contributed by atoms with van der Waals surface area (Å²) in [7, 11) is 1.66. The summed E-state index contributed by atoms with van der Waals surface area (Å²) in [6, 6.07) is 7.30. The van der Waals surface area contributed by atoms with Gasteiger partial charge in [0, 0.05) is 13.6 Å². The molecule has 0 aliphatic carbocycles. The number of carbonyl (C=O) groups is 3. The zero-order valence-corrected chi connectivity index (χ0v) is 25.3. The average molecular weight is 572 g/mol. The molecule has 0 saturated carbocycles. The lowest BCUT2D eigenvalue weighted by molar-refractivity contribution is -0.146. The molecule has 0 aromatic heterocycles. The number of nitrogens with zero attached hydrogens (tertiary/aromatic N) is 2. The number of amides is 2. The number of esters is 1. The summed E-state index contributed by atoms with van der Waals surface area (Å²) >= 11 is 0. The van der Waals surface area contributed by atoms with Crippen LogP contribution in [-0.4, -0.2) is 106 Å². The molecule has 13 heteroatoms. The van der Waals surface area contributed by atoms with Crippen molar-refractivity contribution in [1.29, 1.82) is 0 Å². The van der Waals surface area contributed by atoms with Gasteiger partial charge in [0.25, 0.3) is 10.2 Å². The minimum absolute atomic E-state index is 0.0908. The van der Waals surface area contributed by atoms with Crippen LogP contribution in [0.5, 0.6) is 0 Å². The van der Waals surface area contributed by atoms with Gasteiger partial charge in [0.1, 0.15) is 11.6 Å². The molecule has 0 heterocycles. The highest BCUT2D eigenvalue weighted by atomic mass is 32.2. The predicted octanol–water partition coefficient (Wildman–Crippen LogP) is -0.115. The molecule has 0 fully saturated rings. The first kappa shape index (κ1) is 34.4. The molecule has 0 radical (unpaired) electrons. The molecular weight excluding hydrogens is 526 g/mol. The van der Waals surface area contributed by atoms with E-state index < -0.39 is 57.8 Å². The van der Waals surface area contributed by atoms with Crippen LogP contribution in [0.1, 0.15) is 40.2 Å². The third kappa shape index (κ3) is 11.2. The lowest BCUT2D eigenvalue weighted by Crippen LogP contribution is -2.60. The summed E-state index contributed by atoms with van der Waals surface area (Å²) in [4.78, 5) is 39.6. The Hall–Kier alpha value is -2.58. The smallest absolute Gasteiger partial charge is 0.326 e. The van der Waals surface area contributed by atoms with Gasteiger partial charge in [-0.15, -0.1) is 0 Å². The fourth-order valence-electron chi connectivity index (χ4n) is 3.77. The van der Waals surface area contributed by atoms with Crippen molar-refractivity contribution in [2.75, 3.05) is 41.3 Å². The van der Waals surface area contributed by atoms with Gasteiger partial charge in [-0.2, -0.15) is 17.4 Å². The maximum atomic E-state index is 13.4. The van der Waals surface area contributed by atoms with Crippen LogP contribution in [0.15, 0.2) is 30.3 Å². The number of rotatable bonds is 14. The minimum Gasteiger partial charge on any atom is -0.468 e. The van der Waals surface area contributed by atoms with E-state index in [2.05, 4.69) is 20.1 Å². The fourth-order valence-corrected chi connectivity index (χ4v) is 5.01. The van der Waals surface area contributed by atoms with Gasteiger partial charge in [0.2, 0.25) is 11.8 Å². The van der Waals surface area contributed by atoms with E-state index in [1.807, 2.05) is 51.1 Å². The lowest BCUT2D eigenvalue weighted by atomic mass is 9.85. The number of benzene rings is 1. The SMILES string of the molecule is COC(=O)C(C)(C)NS(=O)(=O)N(C)CC(O)C(Cc1ccccc1)NC(=O)C(NC(=O)CN(C)C)C(C)(C)C. The Morgan fingerprint density at radius 2 is 1.56 bits per heavy atom. The molecule has 39 heavy (non-hydrogen) atoms. The van der Waals surface area contributed by atoms with E-state index in [1.165, 1.54) is 20.9 Å². The predicted molar refractivity (Wildman–Crippen MR) is 149 cm³/mol. The topological polar surface area (TPSA) is 157 Å². The van der Waals surface area contributed by atoms with Crippen LogP contribution in [0, 0.1) is 5.41 Å². The number of methoxy groups -OCH3 is 1. The first-order chi connectivity index (χ1) is 17.8. The number of hydrogen-bond donors (Lipinski definition) is 4. The van der Waals surface area contributed by atoms with E-state index in [-0.39, 0.29) is 18.9 Å². The first-order valence-corrected chi connectivity index (χ1v) is 14.0. The second kappa shape index (κ2) is 14.2. The number of carbonyl (C=O) groups excluding carboxylic acids is 3. The molecule has 1 aromatic rings. The van der Waals surface area contributed by atoms with Crippen molar-refractivity contribution < 1.29 is 32.6 Å². The number of likely N-dealkylation sites (N-methyl/N-ethyl adjacent to an activating group) is 2. The van der Waals surface area contributed by atoms with Crippen molar-refractivity contribution in [3.05, 3.63) is 35.9 Å². The van der Waals surface area contributed by atoms with Crippen molar-refractivity contribution in [2.45, 2.75) is 64.8 Å². The van der Waals surface area contributed by atoms with Gasteiger partial charge in [-0.3, -0.25) is 14.4 Å². The minimum atomic E-state index is -4.22. The molecule has 0 saturated heterocycles. The fraction of sp³-hybridized carbons (Fsp3) is 0.654. The highest BCUT2D eigenvalue weighted by Crippen LogP contribution is 2.20. The Morgan fingerprint density at radius 3 is 2.05 bits per heavy atom. The molecule has 1 aromatic carbocycles. The van der Waals surface area contributed by atoms with Crippen LogP contribution in [-0.2, 0) is 35.8 Å². The second-order valence-corrected chi connectivity index (χ2v) is 13.3. The maximum absolute atomic E-state index is 13.4. The van der Waals surface area contributed by atoms with Crippen molar-refractivity contribution in [3.8, 4) is 0 Å². The molecule has 0 aliphatic rings. The highest BCUT2D eigenvalue weighted by Gasteiger charge is 2.38. The van der Waals surface area contributed by atoms with Crippen LogP contribution in [0.3, 0.4) is 0 Å². The largest absolute Gasteiger partial charge is 0.468 e. The first-order valence-electron chi connectivity index (χ1n) is 12.6. The molecule has 0 aliphatic heterocycles. The zero-order chi connectivity index (χ0) is 30.2. The van der Waals surface area contributed by atoms with Gasteiger partial charge in [-0.25, -0.2) is 0 Å². The van der Waals surface area contributed by atoms with Crippen molar-refractivity contribution >= 4 is 28.0 Å². The zero-order valence-electron chi connectivity index (χ0n) is 24.4. The Balaban J connectivity index is 3.19. The molecule has 1 rings (SSSR count). The van der Waals surface area contributed by atoms with E-state index in [1.54, 1.807) is 19.0 Å². The van der Waals surface area contributed by atoms with Crippen molar-refractivity contribution in [2.24, 2.45) is 5.41 Å². The molecular formula is C26H45N5O7S. The van der Waals surface area contributed by atoms with E-state index in [9.17, 15) is 27.9 Å². The van der Waals surface area contributed by atoms with Gasteiger partial charge in [-0.05, 0) is 45.3 Å². The summed E-state index contributed by atoms with van der Waals surface area (Å²) in [5, 5.41) is 16.8. The van der Waals surface area contributed by atoms with Crippen LogP contribution in [0.2, 0.25) is 0 Å². The number of aliphatic hydroxyl groups is 1. The Bertz CT molecular complexity index is 1070. The molecule has 0 spiro atoms. The third-order valence-electron chi connectivity index (χ3n) is 5.92. The molecule has 0 bridgehead atoms. The maximum Gasteiger partial charge on any atom is 0.326 e. The van der Waals surface area contributed by atoms with Gasteiger partial charge < -0.3 is 25.4 Å². The van der Waals surface area contributed by atoms with Crippen LogP contribution in [0.25, 0.3) is 0 Å². The van der Waals surface area contributed by atoms with E-state index in [0.717, 1.165) is 17.0 Å². The van der Waals surface area contributed by atoms with E-state index in [4.69, 9.17) is 0 Å². The molecule has 222 valence electrons. The van der Waals surface area contributed by atoms with Crippen molar-refractivity contribution in [1.82, 2.24) is 24.6 Å². The number of ether oxygens (including phenoxy) is 1. The molecule has 3 unspecified atom stereocenters. The summed E-state index contributed by atoms with van der Waals surface area (Å²) in [6.45, 7) is 7.85. The summed E-state index contributed by atoms with van der Waals surface area (Å²) < 4.78 is 33.6. The summed E-state index contributed by atoms with van der Waals surface area (Å²) in [5.41, 5.74) is -1.39. The van der Waals surface area contributed by atoms with Gasteiger partial charge in [0.05, 0.1) is 25.8 Å². The number of hydrogen-bond acceptors (Lipinski definition) is 8. The Morgan fingerprint density at radius 1 is 1.00 bits per heavy atom. The van der Waals surface area contributed by atoms with Crippen molar-refractivity contribution in [3.63, 3.8) is 0 Å². The summed E-state index contributed by atoms with van der Waals surface area (Å²) in [5.74, 6) is -1.62. The van der Waals surface area contributed by atoms with Gasteiger partial charge in [-0.1, -0.05) is 51.1 Å². The van der Waals surface area contributed by atoms with E-state index >= 15 is 0 Å². The van der Waals surface area contributed by atoms with Crippen LogP contribution in [0.4, 0.5) is 0 Å². The Kier molecular flexibility index (Phi) is 12.5. The lowest BCUT2D eigenvalue weighted by Gasteiger charge is -2.34. The molecule has 3 atom stereocenters. The van der Waals surface area contributed by atoms with Crippen LogP contribution >= 0.6 is 0 Å². The molecule has 4 N–H and O–H groups in total. The van der Waals surface area contributed by atoms with Gasteiger partial charge >= 0.3 is 5.97 Å². The quantitative estimate of drug-likeness (QED) is 0.225. The monoisotopic (exact) mass is 571 g/mol. The van der Waals surface area contributed by atoms with E-state index in [0.29, 0.717) is 0 Å². The second-order valence-electron chi connectivity index (χ2n) is 11.5. The Labute approximate surface area is 232 Å². The third-order valence-corrected chi connectivity index (χ3v) is 7.66. The summed E-state index contributed by atoms with van der Waals surface area (Å²) in [6.07, 6.45) is -1.14. The number of aliphatic hydroxyl groups excluding tert-OH is 1. The average Bonchev–Trinajstić information content (AvgIpc) is 2.80. The normalized spacial score (nSPS) is 15.0.